The van der Waals surface area contributed by atoms with Crippen molar-refractivity contribution in [3.63, 3.8) is 0 Å². The third kappa shape index (κ3) is 5.10. The van der Waals surface area contributed by atoms with Crippen LogP contribution in [0.1, 0.15) is 44.6 Å². The molecule has 4 rings (SSSR count). The van der Waals surface area contributed by atoms with E-state index in [1.165, 1.54) is 24.6 Å². The van der Waals surface area contributed by atoms with Crippen LogP contribution < -0.4 is 4.74 Å². The highest BCUT2D eigenvalue weighted by atomic mass is 127. The number of allylic oxidation sites excluding steroid dienone is 1. The Morgan fingerprint density at radius 2 is 2.03 bits per heavy atom. The molecule has 0 spiro atoms. The second-order valence-corrected chi connectivity index (χ2v) is 11.0. The second-order valence-electron chi connectivity index (χ2n) is 9.86. The number of aliphatic hydroxyl groups is 1. The van der Waals surface area contributed by atoms with Crippen LogP contribution in [0.2, 0.25) is 6.32 Å². The summed E-state index contributed by atoms with van der Waals surface area (Å²) < 4.78 is 12.0. The minimum Gasteiger partial charge on any atom is -0.504 e. The Morgan fingerprint density at radius 1 is 1.28 bits per heavy atom. The number of phenols is 1. The summed E-state index contributed by atoms with van der Waals surface area (Å²) in [5.74, 6) is -1.19. The molecule has 36 heavy (non-hydrogen) atoms. The maximum atomic E-state index is 12.9. The van der Waals surface area contributed by atoms with Crippen molar-refractivity contribution in [3.8, 4) is 11.5 Å². The second kappa shape index (κ2) is 11.2. The van der Waals surface area contributed by atoms with Crippen molar-refractivity contribution < 1.29 is 34.2 Å². The lowest BCUT2D eigenvalue weighted by Gasteiger charge is -2.43. The average molecular weight is 609 g/mol. The molecule has 2 heterocycles. The van der Waals surface area contributed by atoms with Gasteiger partial charge in [-0.1, -0.05) is 25.0 Å². The molecule has 2 amide bonds. The van der Waals surface area contributed by atoms with E-state index in [2.05, 4.69) is 35.6 Å². The fraction of sp³-hybridized carbons (Fsp3) is 0.538. The molecule has 2 aliphatic heterocycles. The van der Waals surface area contributed by atoms with Gasteiger partial charge in [0.2, 0.25) is 11.8 Å². The zero-order chi connectivity index (χ0) is 26.1. The number of amides is 2. The number of rotatable bonds is 8. The molecule has 8 nitrogen and oxygen atoms in total. The lowest BCUT2D eigenvalue weighted by atomic mass is 9.58. The van der Waals surface area contributed by atoms with Crippen LogP contribution in [0.5, 0.6) is 11.5 Å². The van der Waals surface area contributed by atoms with Crippen LogP contribution in [0.4, 0.5) is 0 Å². The molecule has 0 unspecified atom stereocenters. The van der Waals surface area contributed by atoms with E-state index in [4.69, 9.17) is 9.39 Å². The zero-order valence-electron chi connectivity index (χ0n) is 20.9. The molecule has 4 atom stereocenters. The summed E-state index contributed by atoms with van der Waals surface area (Å²) in [6.07, 6.45) is 5.34. The highest BCUT2D eigenvalue weighted by molar-refractivity contribution is 14.1. The molecule has 3 aliphatic rings. The van der Waals surface area contributed by atoms with Crippen molar-refractivity contribution in [2.75, 3.05) is 20.8 Å². The molecule has 10 heteroatoms. The van der Waals surface area contributed by atoms with Gasteiger partial charge in [-0.05, 0) is 89.4 Å². The lowest BCUT2D eigenvalue weighted by Crippen LogP contribution is -2.46. The van der Waals surface area contributed by atoms with Crippen LogP contribution in [-0.2, 0) is 14.2 Å². The molecular formula is C26H33BINO7. The Morgan fingerprint density at radius 3 is 2.69 bits per heavy atom. The number of ether oxygens (including phenoxy) is 1. The van der Waals surface area contributed by atoms with E-state index in [1.54, 1.807) is 6.07 Å². The van der Waals surface area contributed by atoms with E-state index in [9.17, 15) is 24.8 Å². The van der Waals surface area contributed by atoms with Crippen LogP contribution in [0, 0.1) is 21.3 Å². The molecule has 0 radical (unpaired) electrons. The van der Waals surface area contributed by atoms with Gasteiger partial charge in [-0.3, -0.25) is 14.5 Å². The summed E-state index contributed by atoms with van der Waals surface area (Å²) in [4.78, 5) is 26.8. The van der Waals surface area contributed by atoms with Crippen molar-refractivity contribution in [3.05, 3.63) is 38.0 Å². The molecule has 0 bridgehead atoms. The van der Waals surface area contributed by atoms with Crippen LogP contribution in [0.3, 0.4) is 0 Å². The van der Waals surface area contributed by atoms with E-state index < -0.39 is 25.1 Å². The first-order valence-electron chi connectivity index (χ1n) is 12.4. The lowest BCUT2D eigenvalue weighted by molar-refractivity contribution is -0.138. The third-order valence-electron chi connectivity index (χ3n) is 7.66. The SMILES string of the molecule is CCC/C(=C\c1cc(I)c(O)c(OC)c1)CC[C@H]1OB(O)C[C@H]2C1=C(CO)C[C@H]1C(=O)N(C)C(=O)[C@H]12. The predicted molar refractivity (Wildman–Crippen MR) is 144 cm³/mol. The minimum absolute atomic E-state index is 0.118. The number of methoxy groups -OCH3 is 1. The summed E-state index contributed by atoms with van der Waals surface area (Å²) >= 11 is 2.08. The van der Waals surface area contributed by atoms with Crippen molar-refractivity contribution in [2.24, 2.45) is 17.8 Å². The molecule has 1 aromatic rings. The van der Waals surface area contributed by atoms with Gasteiger partial charge in [0.1, 0.15) is 0 Å². The molecule has 0 aromatic heterocycles. The third-order valence-corrected chi connectivity index (χ3v) is 8.48. The normalized spacial score (nSPS) is 26.4. The van der Waals surface area contributed by atoms with Gasteiger partial charge in [-0.25, -0.2) is 0 Å². The van der Waals surface area contributed by atoms with Crippen molar-refractivity contribution >= 4 is 47.6 Å². The van der Waals surface area contributed by atoms with Crippen molar-refractivity contribution in [1.29, 1.82) is 0 Å². The summed E-state index contributed by atoms with van der Waals surface area (Å²) in [5, 5.41) is 30.9. The molecule has 2 fully saturated rings. The Labute approximate surface area is 225 Å². The number of nitrogens with zero attached hydrogens (tertiary/aromatic N) is 1. The molecule has 0 saturated carbocycles. The topological polar surface area (TPSA) is 117 Å². The largest absolute Gasteiger partial charge is 0.504 e. The number of fused-ring (bicyclic) bond motifs is 3. The fourth-order valence-electron chi connectivity index (χ4n) is 6.04. The van der Waals surface area contributed by atoms with Gasteiger partial charge in [-0.15, -0.1) is 0 Å². The van der Waals surface area contributed by atoms with E-state index in [1.807, 2.05) is 6.07 Å². The minimum atomic E-state index is -1.03. The van der Waals surface area contributed by atoms with Crippen LogP contribution in [0.15, 0.2) is 28.9 Å². The van der Waals surface area contributed by atoms with Gasteiger partial charge >= 0.3 is 7.12 Å². The molecule has 194 valence electrons. The standard InChI is InChI=1S/C26H33BINO7/c1-4-5-14(8-15-9-19(28)24(31)21(10-15)35-3)6-7-20-22-16(13-30)11-17-23(18(22)12-27(34)36-20)26(33)29(2)25(17)32/h8-10,17-18,20,23,30-31,34H,4-7,11-13H2,1-3H3/b14-8+/t17-,18+,20-,23-/m1/s1. The van der Waals surface area contributed by atoms with E-state index in [0.717, 1.165) is 29.6 Å². The molecular weight excluding hydrogens is 576 g/mol. The number of aliphatic hydroxyl groups excluding tert-OH is 1. The van der Waals surface area contributed by atoms with Crippen molar-refractivity contribution in [2.45, 2.75) is 51.5 Å². The number of hydrogen-bond donors (Lipinski definition) is 3. The molecule has 2 saturated heterocycles. The summed E-state index contributed by atoms with van der Waals surface area (Å²) in [7, 11) is 2.00. The van der Waals surface area contributed by atoms with E-state index >= 15 is 0 Å². The number of likely N-dealkylation sites (tertiary alicyclic amines) is 1. The first-order chi connectivity index (χ1) is 17.2. The number of carbonyl (C=O) groups is 2. The highest BCUT2D eigenvalue weighted by Crippen LogP contribution is 2.50. The van der Waals surface area contributed by atoms with Gasteiger partial charge in [0.05, 0.1) is 35.2 Å². The first-order valence-corrected chi connectivity index (χ1v) is 13.5. The van der Waals surface area contributed by atoms with E-state index in [0.29, 0.717) is 28.6 Å². The van der Waals surface area contributed by atoms with Crippen molar-refractivity contribution in [1.82, 2.24) is 4.90 Å². The number of imide groups is 1. The number of halogens is 1. The summed E-state index contributed by atoms with van der Waals surface area (Å²) in [6.45, 7) is 1.92. The quantitative estimate of drug-likeness (QED) is 0.179. The Balaban J connectivity index is 1.61. The fourth-order valence-corrected chi connectivity index (χ4v) is 6.67. The number of aromatic hydroxyl groups is 1. The molecule has 1 aromatic carbocycles. The number of carbonyl (C=O) groups excluding carboxylic acids is 2. The first kappa shape index (κ1) is 27.2. The highest BCUT2D eigenvalue weighted by Gasteiger charge is 2.56. The number of hydrogen-bond acceptors (Lipinski definition) is 7. The summed E-state index contributed by atoms with van der Waals surface area (Å²) in [5.41, 5.74) is 3.76. The Bertz CT molecular complexity index is 1100. The predicted octanol–water partition coefficient (Wildman–Crippen LogP) is 3.39. The smallest absolute Gasteiger partial charge is 0.455 e. The molecule has 3 N–H and O–H groups in total. The van der Waals surface area contributed by atoms with Crippen LogP contribution in [0.25, 0.3) is 6.08 Å². The zero-order valence-corrected chi connectivity index (χ0v) is 23.0. The van der Waals surface area contributed by atoms with Gasteiger partial charge < -0.3 is 24.6 Å². The monoisotopic (exact) mass is 609 g/mol. The average Bonchev–Trinajstić information content (AvgIpc) is 3.07. The number of phenolic OH excluding ortho intramolecular Hbond substituents is 1. The van der Waals surface area contributed by atoms with Crippen LogP contribution >= 0.6 is 22.6 Å². The molecule has 1 aliphatic carbocycles. The van der Waals surface area contributed by atoms with Crippen LogP contribution in [-0.4, -0.2) is 65.9 Å². The number of benzene rings is 1. The maximum Gasteiger partial charge on any atom is 0.455 e. The van der Waals surface area contributed by atoms with E-state index in [-0.39, 0.29) is 36.4 Å². The summed E-state index contributed by atoms with van der Waals surface area (Å²) in [6, 6.07) is 3.70. The van der Waals surface area contributed by atoms with Gasteiger partial charge in [0.15, 0.2) is 11.5 Å². The Kier molecular flexibility index (Phi) is 8.48. The Hall–Kier alpha value is -1.89. The van der Waals surface area contributed by atoms with Gasteiger partial charge in [-0.2, -0.15) is 0 Å². The van der Waals surface area contributed by atoms with Gasteiger partial charge in [0, 0.05) is 7.05 Å². The van der Waals surface area contributed by atoms with Gasteiger partial charge in [0.25, 0.3) is 0 Å². The maximum absolute atomic E-state index is 12.9.